The Bertz CT molecular complexity index is 299. The average molecular weight is 289 g/mol. The van der Waals surface area contributed by atoms with Gasteiger partial charge in [-0.25, -0.2) is 0 Å². The molecule has 1 saturated heterocycles. The second-order valence-electron chi connectivity index (χ2n) is 7.03. The van der Waals surface area contributed by atoms with E-state index in [1.54, 1.807) is 0 Å². The van der Waals surface area contributed by atoms with Crippen LogP contribution in [0.3, 0.4) is 0 Å². The topological polar surface area (TPSA) is 32.3 Å². The molecule has 0 unspecified atom stereocenters. The Hall–Kier alpha value is -0.280. The third-order valence-electron chi connectivity index (χ3n) is 3.80. The monoisotopic (exact) mass is 288 g/mol. The number of nitrogens with zero attached hydrogens (tertiary/aromatic N) is 1. The lowest BCUT2D eigenvalue weighted by atomic mass is 9.79. The van der Waals surface area contributed by atoms with E-state index < -0.39 is 0 Å². The van der Waals surface area contributed by atoms with Crippen molar-refractivity contribution in [3.05, 3.63) is 0 Å². The predicted octanol–water partition coefficient (Wildman–Crippen LogP) is 3.16. The van der Waals surface area contributed by atoms with E-state index in [-0.39, 0.29) is 22.9 Å². The number of carbonyl (C=O) groups excluding carboxylic acids is 1. The Labute approximate surface area is 123 Å². The van der Waals surface area contributed by atoms with Gasteiger partial charge in [-0.05, 0) is 47.0 Å². The highest BCUT2D eigenvalue weighted by molar-refractivity contribution is 6.27. The molecule has 0 aliphatic carbocycles. The quantitative estimate of drug-likeness (QED) is 0.788. The van der Waals surface area contributed by atoms with Crippen LogP contribution in [0.25, 0.3) is 0 Å². The summed E-state index contributed by atoms with van der Waals surface area (Å²) in [6, 6.07) is 0.295. The number of hydrogen-bond acceptors (Lipinski definition) is 2. The lowest BCUT2D eigenvalue weighted by molar-refractivity contribution is -0.132. The van der Waals surface area contributed by atoms with Gasteiger partial charge in [-0.15, -0.1) is 11.6 Å². The zero-order valence-corrected chi connectivity index (χ0v) is 13.8. The fourth-order valence-electron chi connectivity index (χ4n) is 3.40. The third kappa shape index (κ3) is 4.96. The highest BCUT2D eigenvalue weighted by Crippen LogP contribution is 2.31. The van der Waals surface area contributed by atoms with Crippen molar-refractivity contribution in [1.29, 1.82) is 0 Å². The lowest BCUT2D eigenvalue weighted by Gasteiger charge is -2.49. The average Bonchev–Trinajstić information content (AvgIpc) is 2.25. The molecule has 0 bridgehead atoms. The molecular formula is C15H29ClN2O. The van der Waals surface area contributed by atoms with Gasteiger partial charge in [0.05, 0.1) is 0 Å². The summed E-state index contributed by atoms with van der Waals surface area (Å²) >= 11 is 5.78. The van der Waals surface area contributed by atoms with Crippen molar-refractivity contribution >= 4 is 17.5 Å². The Morgan fingerprint density at radius 2 is 1.79 bits per heavy atom. The predicted molar refractivity (Wildman–Crippen MR) is 81.7 cm³/mol. The standard InChI is InChI=1S/C15H29ClN2O/c1-6-7-8-18(13(19)11-16)12-9-14(2,3)17-15(4,5)10-12/h12,17H,6-11H2,1-5H3. The van der Waals surface area contributed by atoms with Crippen molar-refractivity contribution in [1.82, 2.24) is 10.2 Å². The van der Waals surface area contributed by atoms with Crippen LogP contribution in [0.1, 0.15) is 60.3 Å². The number of carbonyl (C=O) groups is 1. The summed E-state index contributed by atoms with van der Waals surface area (Å²) in [5.74, 6) is 0.169. The van der Waals surface area contributed by atoms with E-state index in [1.807, 2.05) is 4.90 Å². The molecule has 0 aromatic heterocycles. The number of unbranched alkanes of at least 4 members (excludes halogenated alkanes) is 1. The summed E-state index contributed by atoms with van der Waals surface area (Å²) in [5.41, 5.74) is 0.118. The molecule has 1 fully saturated rings. The highest BCUT2D eigenvalue weighted by atomic mass is 35.5. The van der Waals surface area contributed by atoms with Crippen LogP contribution in [0.4, 0.5) is 0 Å². The highest BCUT2D eigenvalue weighted by Gasteiger charge is 2.40. The molecule has 0 spiro atoms. The minimum atomic E-state index is 0.0590. The van der Waals surface area contributed by atoms with Gasteiger partial charge in [0.1, 0.15) is 5.88 Å². The van der Waals surface area contributed by atoms with Gasteiger partial charge in [0.2, 0.25) is 5.91 Å². The van der Waals surface area contributed by atoms with Crippen molar-refractivity contribution in [2.75, 3.05) is 12.4 Å². The van der Waals surface area contributed by atoms with Crippen LogP contribution in [0.2, 0.25) is 0 Å². The minimum absolute atomic E-state index is 0.0590. The zero-order valence-electron chi connectivity index (χ0n) is 13.1. The van der Waals surface area contributed by atoms with Crippen LogP contribution in [0.15, 0.2) is 0 Å². The Kier molecular flexibility index (Phi) is 5.69. The van der Waals surface area contributed by atoms with Gasteiger partial charge in [0.25, 0.3) is 0 Å². The molecule has 1 aliphatic rings. The lowest BCUT2D eigenvalue weighted by Crippen LogP contribution is -2.63. The normalized spacial score (nSPS) is 22.2. The molecule has 3 nitrogen and oxygen atoms in total. The summed E-state index contributed by atoms with van der Waals surface area (Å²) < 4.78 is 0. The first-order valence-electron chi connectivity index (χ1n) is 7.35. The van der Waals surface area contributed by atoms with Gasteiger partial charge in [-0.3, -0.25) is 4.79 Å². The maximum absolute atomic E-state index is 12.1. The fraction of sp³-hybridized carbons (Fsp3) is 0.933. The fourth-order valence-corrected chi connectivity index (χ4v) is 3.56. The molecule has 0 saturated carbocycles. The van der Waals surface area contributed by atoms with E-state index in [2.05, 4.69) is 39.9 Å². The van der Waals surface area contributed by atoms with Crippen LogP contribution < -0.4 is 5.32 Å². The van der Waals surface area contributed by atoms with Crippen LogP contribution in [-0.4, -0.2) is 40.4 Å². The molecule has 0 radical (unpaired) electrons. The smallest absolute Gasteiger partial charge is 0.237 e. The summed E-state index contributed by atoms with van der Waals surface area (Å²) in [6.07, 6.45) is 4.13. The molecule has 0 aromatic carbocycles. The van der Waals surface area contributed by atoms with E-state index in [4.69, 9.17) is 11.6 Å². The molecular weight excluding hydrogens is 260 g/mol. The molecule has 19 heavy (non-hydrogen) atoms. The Morgan fingerprint density at radius 3 is 2.21 bits per heavy atom. The molecule has 0 aromatic rings. The van der Waals surface area contributed by atoms with E-state index in [1.165, 1.54) is 0 Å². The molecule has 1 aliphatic heterocycles. The SMILES string of the molecule is CCCCN(C(=O)CCl)C1CC(C)(C)NC(C)(C)C1. The molecule has 4 heteroatoms. The Balaban J connectivity index is 2.85. The number of rotatable bonds is 5. The van der Waals surface area contributed by atoms with Crippen molar-refractivity contribution in [3.8, 4) is 0 Å². The summed E-state index contributed by atoms with van der Waals surface area (Å²) in [5, 5.41) is 3.66. The number of halogens is 1. The molecule has 1 rings (SSSR count). The first-order chi connectivity index (χ1) is 8.71. The second-order valence-corrected chi connectivity index (χ2v) is 7.30. The van der Waals surface area contributed by atoms with Crippen molar-refractivity contribution in [2.45, 2.75) is 77.4 Å². The Morgan fingerprint density at radius 1 is 1.26 bits per heavy atom. The number of hydrogen-bond donors (Lipinski definition) is 1. The first-order valence-corrected chi connectivity index (χ1v) is 7.89. The zero-order chi connectivity index (χ0) is 14.7. The van der Waals surface area contributed by atoms with Gasteiger partial charge >= 0.3 is 0 Å². The summed E-state index contributed by atoms with van der Waals surface area (Å²) in [6.45, 7) is 11.8. The molecule has 0 atom stereocenters. The van der Waals surface area contributed by atoms with Crippen molar-refractivity contribution in [2.24, 2.45) is 0 Å². The van der Waals surface area contributed by atoms with E-state index in [0.29, 0.717) is 6.04 Å². The molecule has 1 amide bonds. The number of amides is 1. The second kappa shape index (κ2) is 6.45. The van der Waals surface area contributed by atoms with Gasteiger partial charge in [0.15, 0.2) is 0 Å². The van der Waals surface area contributed by atoms with Gasteiger partial charge in [-0.1, -0.05) is 13.3 Å². The van der Waals surface area contributed by atoms with E-state index in [0.717, 1.165) is 32.2 Å². The van der Waals surface area contributed by atoms with Crippen LogP contribution in [0, 0.1) is 0 Å². The molecule has 112 valence electrons. The van der Waals surface area contributed by atoms with Crippen LogP contribution in [0.5, 0.6) is 0 Å². The van der Waals surface area contributed by atoms with E-state index in [9.17, 15) is 4.79 Å². The van der Waals surface area contributed by atoms with Crippen LogP contribution >= 0.6 is 11.6 Å². The first kappa shape index (κ1) is 16.8. The number of alkyl halides is 1. The van der Waals surface area contributed by atoms with Crippen molar-refractivity contribution < 1.29 is 4.79 Å². The third-order valence-corrected chi connectivity index (χ3v) is 4.03. The van der Waals surface area contributed by atoms with E-state index >= 15 is 0 Å². The molecule has 1 N–H and O–H groups in total. The number of piperidine rings is 1. The maximum Gasteiger partial charge on any atom is 0.237 e. The van der Waals surface area contributed by atoms with Crippen LogP contribution in [-0.2, 0) is 4.79 Å². The van der Waals surface area contributed by atoms with Gasteiger partial charge in [-0.2, -0.15) is 0 Å². The molecule has 1 heterocycles. The summed E-state index contributed by atoms with van der Waals surface area (Å²) in [7, 11) is 0. The maximum atomic E-state index is 12.1. The minimum Gasteiger partial charge on any atom is -0.339 e. The van der Waals surface area contributed by atoms with Crippen molar-refractivity contribution in [3.63, 3.8) is 0 Å². The van der Waals surface area contributed by atoms with Gasteiger partial charge < -0.3 is 10.2 Å². The number of nitrogens with one attached hydrogen (secondary N) is 1. The summed E-state index contributed by atoms with van der Waals surface area (Å²) in [4.78, 5) is 14.1. The largest absolute Gasteiger partial charge is 0.339 e. The van der Waals surface area contributed by atoms with Gasteiger partial charge in [0, 0.05) is 23.7 Å².